The first-order valence-corrected chi connectivity index (χ1v) is 9.52. The standard InChI is InChI=1S/C18H27BrN6O2.HI/c1-13-23-24-17(25(13)2)12-22-18(20-8-5-9-26-3)21-11-14-10-15(19)6-7-16(14)27-4;/h6-7,10H,5,8-9,11-12H2,1-4H3,(H2,20,21,22);1H. The van der Waals surface area contributed by atoms with Gasteiger partial charge in [-0.2, -0.15) is 0 Å². The van der Waals surface area contributed by atoms with Crippen molar-refractivity contribution in [1.29, 1.82) is 0 Å². The summed E-state index contributed by atoms with van der Waals surface area (Å²) in [5.41, 5.74) is 0.999. The molecule has 0 radical (unpaired) electrons. The van der Waals surface area contributed by atoms with Gasteiger partial charge in [-0.05, 0) is 31.5 Å². The van der Waals surface area contributed by atoms with E-state index in [2.05, 4.69) is 41.8 Å². The molecule has 0 bridgehead atoms. The first-order chi connectivity index (χ1) is 13.0. The van der Waals surface area contributed by atoms with Crippen LogP contribution in [0.5, 0.6) is 5.75 Å². The summed E-state index contributed by atoms with van der Waals surface area (Å²) in [5, 5.41) is 14.9. The van der Waals surface area contributed by atoms with Crippen molar-refractivity contribution in [1.82, 2.24) is 25.4 Å². The lowest BCUT2D eigenvalue weighted by Gasteiger charge is -2.13. The molecule has 0 saturated carbocycles. The van der Waals surface area contributed by atoms with E-state index in [1.54, 1.807) is 14.2 Å². The Bertz CT molecular complexity index is 769. The predicted octanol–water partition coefficient (Wildman–Crippen LogP) is 2.78. The molecule has 2 N–H and O–H groups in total. The van der Waals surface area contributed by atoms with E-state index in [1.165, 1.54) is 0 Å². The van der Waals surface area contributed by atoms with E-state index in [1.807, 2.05) is 36.7 Å². The smallest absolute Gasteiger partial charge is 0.191 e. The number of halogens is 2. The van der Waals surface area contributed by atoms with E-state index in [0.29, 0.717) is 25.7 Å². The van der Waals surface area contributed by atoms with Crippen molar-refractivity contribution in [2.75, 3.05) is 27.4 Å². The number of hydrogen-bond acceptors (Lipinski definition) is 5. The Kier molecular flexibility index (Phi) is 11.4. The van der Waals surface area contributed by atoms with Gasteiger partial charge in [-0.25, -0.2) is 4.99 Å². The van der Waals surface area contributed by atoms with Crippen LogP contribution in [0, 0.1) is 6.92 Å². The number of hydrogen-bond donors (Lipinski definition) is 2. The second-order valence-corrected chi connectivity index (χ2v) is 6.89. The SMILES string of the molecule is COCCCNC(=NCc1cc(Br)ccc1OC)NCc1nnc(C)n1C.I. The molecule has 1 aromatic heterocycles. The van der Waals surface area contributed by atoms with Gasteiger partial charge in [0.25, 0.3) is 0 Å². The highest BCUT2D eigenvalue weighted by Gasteiger charge is 2.08. The number of benzene rings is 1. The Morgan fingerprint density at radius 2 is 2.04 bits per heavy atom. The predicted molar refractivity (Wildman–Crippen MR) is 124 cm³/mol. The van der Waals surface area contributed by atoms with E-state index in [0.717, 1.165) is 40.4 Å². The average Bonchev–Trinajstić information content (AvgIpc) is 2.98. The first-order valence-electron chi connectivity index (χ1n) is 8.73. The molecule has 0 fully saturated rings. The van der Waals surface area contributed by atoms with Gasteiger partial charge in [0.05, 0.1) is 20.2 Å². The van der Waals surface area contributed by atoms with Gasteiger partial charge >= 0.3 is 0 Å². The minimum Gasteiger partial charge on any atom is -0.496 e. The molecule has 2 aromatic rings. The number of nitrogens with one attached hydrogen (secondary N) is 2. The molecular weight excluding hydrogens is 539 g/mol. The topological polar surface area (TPSA) is 85.6 Å². The Balaban J connectivity index is 0.00000392. The fourth-order valence-corrected chi connectivity index (χ4v) is 2.81. The Morgan fingerprint density at radius 1 is 1.25 bits per heavy atom. The van der Waals surface area contributed by atoms with Crippen molar-refractivity contribution >= 4 is 45.9 Å². The molecule has 0 aliphatic rings. The maximum absolute atomic E-state index is 5.42. The molecule has 0 atom stereocenters. The van der Waals surface area contributed by atoms with Crippen LogP contribution in [-0.2, 0) is 24.9 Å². The van der Waals surface area contributed by atoms with Gasteiger partial charge in [0, 0.05) is 37.3 Å². The molecule has 0 amide bonds. The van der Waals surface area contributed by atoms with Gasteiger partial charge in [0.2, 0.25) is 0 Å². The molecule has 0 aliphatic heterocycles. The summed E-state index contributed by atoms with van der Waals surface area (Å²) < 4.78 is 13.5. The van der Waals surface area contributed by atoms with Gasteiger partial charge in [-0.1, -0.05) is 15.9 Å². The van der Waals surface area contributed by atoms with E-state index >= 15 is 0 Å². The van der Waals surface area contributed by atoms with Crippen molar-refractivity contribution in [3.63, 3.8) is 0 Å². The minimum atomic E-state index is 0. The largest absolute Gasteiger partial charge is 0.496 e. The second kappa shape index (κ2) is 12.9. The summed E-state index contributed by atoms with van der Waals surface area (Å²) in [6.45, 7) is 4.40. The van der Waals surface area contributed by atoms with Crippen molar-refractivity contribution in [3.8, 4) is 5.75 Å². The highest BCUT2D eigenvalue weighted by atomic mass is 127. The van der Waals surface area contributed by atoms with Crippen LogP contribution in [0.15, 0.2) is 27.7 Å². The molecule has 0 unspecified atom stereocenters. The van der Waals surface area contributed by atoms with Crippen molar-refractivity contribution < 1.29 is 9.47 Å². The summed E-state index contributed by atoms with van der Waals surface area (Å²) in [6, 6.07) is 5.89. The van der Waals surface area contributed by atoms with Crippen LogP contribution in [0.1, 0.15) is 23.6 Å². The maximum Gasteiger partial charge on any atom is 0.191 e. The monoisotopic (exact) mass is 566 g/mol. The molecule has 0 saturated heterocycles. The Hall–Kier alpha value is -1.40. The summed E-state index contributed by atoms with van der Waals surface area (Å²) in [7, 11) is 5.31. The Labute approximate surface area is 191 Å². The van der Waals surface area contributed by atoms with E-state index in [9.17, 15) is 0 Å². The minimum absolute atomic E-state index is 0. The van der Waals surface area contributed by atoms with Gasteiger partial charge in [0.15, 0.2) is 11.8 Å². The number of aryl methyl sites for hydroxylation is 1. The van der Waals surface area contributed by atoms with Crippen molar-refractivity contribution in [3.05, 3.63) is 39.9 Å². The Morgan fingerprint density at radius 3 is 2.68 bits per heavy atom. The molecule has 8 nitrogen and oxygen atoms in total. The summed E-state index contributed by atoms with van der Waals surface area (Å²) in [4.78, 5) is 4.69. The number of methoxy groups -OCH3 is 2. The molecule has 2 rings (SSSR count). The van der Waals surface area contributed by atoms with Crippen LogP contribution in [-0.4, -0.2) is 48.1 Å². The molecule has 0 spiro atoms. The summed E-state index contributed by atoms with van der Waals surface area (Å²) >= 11 is 3.50. The van der Waals surface area contributed by atoms with Crippen LogP contribution in [0.25, 0.3) is 0 Å². The lowest BCUT2D eigenvalue weighted by Crippen LogP contribution is -2.38. The van der Waals surface area contributed by atoms with Gasteiger partial charge < -0.3 is 24.7 Å². The average molecular weight is 567 g/mol. The van der Waals surface area contributed by atoms with Crippen LogP contribution >= 0.6 is 39.9 Å². The second-order valence-electron chi connectivity index (χ2n) is 5.97. The molecule has 0 aliphatic carbocycles. The lowest BCUT2D eigenvalue weighted by molar-refractivity contribution is 0.195. The molecule has 1 heterocycles. The molecule has 10 heteroatoms. The number of aliphatic imine (C=N–C) groups is 1. The molecule has 1 aromatic carbocycles. The third-order valence-electron chi connectivity index (χ3n) is 4.06. The lowest BCUT2D eigenvalue weighted by atomic mass is 10.2. The zero-order chi connectivity index (χ0) is 19.6. The van der Waals surface area contributed by atoms with Gasteiger partial charge in [-0.15, -0.1) is 34.2 Å². The number of rotatable bonds is 9. The number of nitrogens with zero attached hydrogens (tertiary/aromatic N) is 4. The quantitative estimate of drug-likeness (QED) is 0.210. The maximum atomic E-state index is 5.42. The fourth-order valence-electron chi connectivity index (χ4n) is 2.40. The van der Waals surface area contributed by atoms with Crippen molar-refractivity contribution in [2.45, 2.75) is 26.4 Å². The van der Waals surface area contributed by atoms with Crippen LogP contribution in [0.2, 0.25) is 0 Å². The normalized spacial score (nSPS) is 11.1. The van der Waals surface area contributed by atoms with E-state index < -0.39 is 0 Å². The highest BCUT2D eigenvalue weighted by molar-refractivity contribution is 14.0. The first kappa shape index (κ1) is 24.6. The highest BCUT2D eigenvalue weighted by Crippen LogP contribution is 2.23. The van der Waals surface area contributed by atoms with E-state index in [4.69, 9.17) is 9.47 Å². The van der Waals surface area contributed by atoms with Crippen LogP contribution in [0.4, 0.5) is 0 Å². The zero-order valence-corrected chi connectivity index (χ0v) is 20.6. The van der Waals surface area contributed by atoms with Crippen LogP contribution in [0.3, 0.4) is 0 Å². The number of guanidine groups is 1. The summed E-state index contributed by atoms with van der Waals surface area (Å²) in [5.74, 6) is 3.23. The fraction of sp³-hybridized carbons (Fsp3) is 0.500. The van der Waals surface area contributed by atoms with Gasteiger partial charge in [0.1, 0.15) is 11.6 Å². The molecule has 156 valence electrons. The van der Waals surface area contributed by atoms with Crippen LogP contribution < -0.4 is 15.4 Å². The van der Waals surface area contributed by atoms with Crippen molar-refractivity contribution in [2.24, 2.45) is 12.0 Å². The van der Waals surface area contributed by atoms with Gasteiger partial charge in [-0.3, -0.25) is 0 Å². The molecular formula is C18H28BrIN6O2. The number of aromatic nitrogens is 3. The molecule has 28 heavy (non-hydrogen) atoms. The summed E-state index contributed by atoms with van der Waals surface area (Å²) in [6.07, 6.45) is 0.889. The third kappa shape index (κ3) is 7.55. The zero-order valence-electron chi connectivity index (χ0n) is 16.7. The number of ether oxygens (including phenoxy) is 2. The van der Waals surface area contributed by atoms with E-state index in [-0.39, 0.29) is 24.0 Å². The third-order valence-corrected chi connectivity index (χ3v) is 4.56.